The van der Waals surface area contributed by atoms with Crippen LogP contribution in [0, 0.1) is 26.3 Å². The lowest BCUT2D eigenvalue weighted by molar-refractivity contribution is -0.138. The topological polar surface area (TPSA) is 87.7 Å². The van der Waals surface area contributed by atoms with Crippen molar-refractivity contribution in [1.29, 1.82) is 0 Å². The number of nitrogens with zero attached hydrogens (tertiary/aromatic N) is 1. The molecule has 0 radical (unpaired) electrons. The van der Waals surface area contributed by atoms with Gasteiger partial charge in [-0.2, -0.15) is 0 Å². The number of ether oxygens (including phenoxy) is 1. The molecular weight excluding hydrogens is 394 g/mol. The molecule has 7 heteroatoms. The van der Waals surface area contributed by atoms with Crippen molar-refractivity contribution >= 4 is 17.9 Å². The fraction of sp³-hybridized carbons (Fsp3) is 0.542. The number of nitrogens with one attached hydrogen (secondary N) is 2. The summed E-state index contributed by atoms with van der Waals surface area (Å²) in [6, 6.07) is 5.89. The Balaban J connectivity index is 3.23. The molecule has 0 saturated carbocycles. The van der Waals surface area contributed by atoms with Gasteiger partial charge in [0, 0.05) is 12.6 Å². The van der Waals surface area contributed by atoms with Gasteiger partial charge in [-0.15, -0.1) is 0 Å². The molecule has 1 aromatic rings. The number of hydrogen-bond acceptors (Lipinski definition) is 4. The van der Waals surface area contributed by atoms with E-state index in [-0.39, 0.29) is 5.91 Å². The van der Waals surface area contributed by atoms with Gasteiger partial charge < -0.3 is 15.4 Å². The Morgan fingerprint density at radius 2 is 1.87 bits per heavy atom. The van der Waals surface area contributed by atoms with Crippen LogP contribution in [0.5, 0.6) is 0 Å². The maximum atomic E-state index is 13.2. The van der Waals surface area contributed by atoms with Crippen LogP contribution in [0.3, 0.4) is 0 Å². The van der Waals surface area contributed by atoms with E-state index in [1.54, 1.807) is 26.8 Å². The number of rotatable bonds is 8. The Morgan fingerprint density at radius 1 is 1.23 bits per heavy atom. The molecule has 170 valence electrons. The number of amides is 3. The lowest BCUT2D eigenvalue weighted by Crippen LogP contribution is -2.50. The third kappa shape index (κ3) is 7.63. The number of unbranched alkanes of at least 4 members (excludes halogenated alkanes) is 1. The van der Waals surface area contributed by atoms with Gasteiger partial charge in [0.2, 0.25) is 5.91 Å². The average Bonchev–Trinajstić information content (AvgIpc) is 2.66. The first-order chi connectivity index (χ1) is 14.4. The normalized spacial score (nSPS) is 12.8. The maximum absolute atomic E-state index is 13.2. The molecule has 0 bridgehead atoms. The van der Waals surface area contributed by atoms with Crippen molar-refractivity contribution in [3.63, 3.8) is 0 Å². The first-order valence-electron chi connectivity index (χ1n) is 10.6. The van der Waals surface area contributed by atoms with Gasteiger partial charge in [0.1, 0.15) is 17.7 Å². The summed E-state index contributed by atoms with van der Waals surface area (Å²) in [5, 5.41) is 5.36. The van der Waals surface area contributed by atoms with Gasteiger partial charge in [0.25, 0.3) is 5.91 Å². The van der Waals surface area contributed by atoms with Crippen LogP contribution in [0.15, 0.2) is 18.2 Å². The van der Waals surface area contributed by atoms with Crippen LogP contribution in [0.2, 0.25) is 0 Å². The van der Waals surface area contributed by atoms with E-state index >= 15 is 0 Å². The molecule has 2 N–H and O–H groups in total. The standard InChI is InChI=1S/C24H35N3O4/c1-9-11-15-25-21(28)20(19-14-12-13-16(3)17(19)4)27(10-2)22(29)18(5)26-23(30)31-24(6,7)8/h2,12-14,18,20H,9,11,15H2,1,3-8H3,(H,25,28)(H,26,30). The molecule has 0 fully saturated rings. The van der Waals surface area contributed by atoms with Crippen molar-refractivity contribution in [2.24, 2.45) is 0 Å². The van der Waals surface area contributed by atoms with E-state index in [2.05, 4.69) is 16.7 Å². The van der Waals surface area contributed by atoms with E-state index < -0.39 is 29.7 Å². The Morgan fingerprint density at radius 3 is 2.42 bits per heavy atom. The highest BCUT2D eigenvalue weighted by Crippen LogP contribution is 2.26. The fourth-order valence-electron chi connectivity index (χ4n) is 2.97. The van der Waals surface area contributed by atoms with Crippen LogP contribution in [0.4, 0.5) is 4.79 Å². The third-order valence-corrected chi connectivity index (χ3v) is 4.76. The van der Waals surface area contributed by atoms with Crippen molar-refractivity contribution in [2.45, 2.75) is 79.0 Å². The molecule has 1 aromatic carbocycles. The van der Waals surface area contributed by atoms with Crippen molar-refractivity contribution in [1.82, 2.24) is 15.5 Å². The van der Waals surface area contributed by atoms with Gasteiger partial charge in [-0.3, -0.25) is 14.5 Å². The molecule has 2 unspecified atom stereocenters. The molecule has 3 amide bonds. The van der Waals surface area contributed by atoms with E-state index in [0.29, 0.717) is 12.1 Å². The number of terminal acetylenes is 1. The predicted octanol–water partition coefficient (Wildman–Crippen LogP) is 3.59. The number of aryl methyl sites for hydroxylation is 1. The van der Waals surface area contributed by atoms with E-state index in [4.69, 9.17) is 11.2 Å². The first kappa shape index (κ1) is 26.0. The molecule has 0 aliphatic carbocycles. The summed E-state index contributed by atoms with van der Waals surface area (Å²) in [4.78, 5) is 39.4. The van der Waals surface area contributed by atoms with Gasteiger partial charge in [-0.25, -0.2) is 4.79 Å². The molecule has 0 aliphatic rings. The Labute approximate surface area is 185 Å². The highest BCUT2D eigenvalue weighted by Gasteiger charge is 2.35. The zero-order valence-corrected chi connectivity index (χ0v) is 19.7. The van der Waals surface area contributed by atoms with Crippen molar-refractivity contribution in [3.05, 3.63) is 34.9 Å². The van der Waals surface area contributed by atoms with Crippen molar-refractivity contribution in [2.75, 3.05) is 6.54 Å². The molecule has 31 heavy (non-hydrogen) atoms. The van der Waals surface area contributed by atoms with Gasteiger partial charge in [-0.1, -0.05) is 38.0 Å². The molecular formula is C24H35N3O4. The van der Waals surface area contributed by atoms with Crippen molar-refractivity contribution in [3.8, 4) is 12.5 Å². The lowest BCUT2D eigenvalue weighted by Gasteiger charge is -2.30. The van der Waals surface area contributed by atoms with Crippen LogP contribution >= 0.6 is 0 Å². The van der Waals surface area contributed by atoms with Crippen LogP contribution in [-0.2, 0) is 14.3 Å². The Hall–Kier alpha value is -3.01. The monoisotopic (exact) mass is 429 g/mol. The second-order valence-corrected chi connectivity index (χ2v) is 8.54. The maximum Gasteiger partial charge on any atom is 0.408 e. The lowest BCUT2D eigenvalue weighted by atomic mass is 9.95. The zero-order chi connectivity index (χ0) is 23.8. The number of carbonyl (C=O) groups is 3. The van der Waals surface area contributed by atoms with Crippen LogP contribution in [0.1, 0.15) is 70.2 Å². The Kier molecular flexibility index (Phi) is 9.57. The van der Waals surface area contributed by atoms with Crippen LogP contribution in [0.25, 0.3) is 0 Å². The summed E-state index contributed by atoms with van der Waals surface area (Å²) in [6.45, 7) is 13.0. The summed E-state index contributed by atoms with van der Waals surface area (Å²) in [5.41, 5.74) is 1.79. The minimum absolute atomic E-state index is 0.363. The van der Waals surface area contributed by atoms with Crippen LogP contribution in [-0.4, -0.2) is 41.0 Å². The van der Waals surface area contributed by atoms with Gasteiger partial charge in [0.15, 0.2) is 0 Å². The van der Waals surface area contributed by atoms with Gasteiger partial charge in [0.05, 0.1) is 0 Å². The molecule has 0 spiro atoms. The molecule has 0 aliphatic heterocycles. The molecule has 7 nitrogen and oxygen atoms in total. The first-order valence-corrected chi connectivity index (χ1v) is 10.6. The van der Waals surface area contributed by atoms with E-state index in [1.165, 1.54) is 6.92 Å². The van der Waals surface area contributed by atoms with Gasteiger partial charge in [-0.05, 0) is 64.7 Å². The summed E-state index contributed by atoms with van der Waals surface area (Å²) in [5.74, 6) is -0.942. The SMILES string of the molecule is C#CN(C(=O)C(C)NC(=O)OC(C)(C)C)C(C(=O)NCCCC)c1cccc(C)c1C. The predicted molar refractivity (Wildman–Crippen MR) is 121 cm³/mol. The van der Waals surface area contributed by atoms with Crippen molar-refractivity contribution < 1.29 is 19.1 Å². The number of hydrogen-bond donors (Lipinski definition) is 2. The fourth-order valence-corrected chi connectivity index (χ4v) is 2.97. The van der Waals surface area contributed by atoms with E-state index in [0.717, 1.165) is 28.9 Å². The number of alkyl carbamates (subject to hydrolysis) is 1. The quantitative estimate of drug-likeness (QED) is 0.376. The molecule has 2 atom stereocenters. The minimum Gasteiger partial charge on any atom is -0.444 e. The van der Waals surface area contributed by atoms with Gasteiger partial charge >= 0.3 is 6.09 Å². The van der Waals surface area contributed by atoms with Crippen LogP contribution < -0.4 is 10.6 Å². The smallest absolute Gasteiger partial charge is 0.408 e. The third-order valence-electron chi connectivity index (χ3n) is 4.76. The second kappa shape index (κ2) is 11.4. The van der Waals surface area contributed by atoms with E-state index in [1.807, 2.05) is 32.9 Å². The highest BCUT2D eigenvalue weighted by molar-refractivity contribution is 5.93. The summed E-state index contributed by atoms with van der Waals surface area (Å²) < 4.78 is 5.21. The summed E-state index contributed by atoms with van der Waals surface area (Å²) in [6.07, 6.45) is 6.69. The second-order valence-electron chi connectivity index (χ2n) is 8.54. The largest absolute Gasteiger partial charge is 0.444 e. The molecule has 0 aromatic heterocycles. The molecule has 0 saturated heterocycles. The minimum atomic E-state index is -1.02. The Bertz CT molecular complexity index is 836. The summed E-state index contributed by atoms with van der Waals surface area (Å²) in [7, 11) is 0. The number of benzene rings is 1. The average molecular weight is 430 g/mol. The summed E-state index contributed by atoms with van der Waals surface area (Å²) >= 11 is 0. The molecule has 1 rings (SSSR count). The van der Waals surface area contributed by atoms with E-state index in [9.17, 15) is 14.4 Å². The number of carbonyl (C=O) groups excluding carboxylic acids is 3. The highest BCUT2D eigenvalue weighted by atomic mass is 16.6. The zero-order valence-electron chi connectivity index (χ0n) is 19.7. The molecule has 0 heterocycles.